The molecule has 0 spiro atoms. The summed E-state index contributed by atoms with van der Waals surface area (Å²) >= 11 is 0. The van der Waals surface area contributed by atoms with E-state index in [0.717, 1.165) is 0 Å². The second-order valence-electron chi connectivity index (χ2n) is 3.77. The SMILES string of the molecule is CC(=O)OC[C@@H]1C=C[C@H](n2ccc(=O)[nH]c2=O)O1.[Te]. The Morgan fingerprint density at radius 2 is 2.21 bits per heavy atom. The Bertz CT molecular complexity index is 591. The molecule has 0 saturated heterocycles. The van der Waals surface area contributed by atoms with E-state index in [4.69, 9.17) is 9.47 Å². The zero-order valence-electron chi connectivity index (χ0n) is 10.1. The molecule has 1 aromatic heterocycles. The number of hydrogen-bond acceptors (Lipinski definition) is 5. The third-order valence-electron chi connectivity index (χ3n) is 2.38. The molecular formula is C11H12N2O5Te. The first-order valence-electron chi connectivity index (χ1n) is 5.35. The molecule has 0 amide bonds. The molecule has 19 heavy (non-hydrogen) atoms. The Morgan fingerprint density at radius 1 is 1.47 bits per heavy atom. The van der Waals surface area contributed by atoms with Gasteiger partial charge in [0.15, 0.2) is 6.23 Å². The Hall–Kier alpha value is -1.36. The van der Waals surface area contributed by atoms with Gasteiger partial charge in [-0.25, -0.2) is 4.79 Å². The van der Waals surface area contributed by atoms with Crippen LogP contribution >= 0.6 is 0 Å². The summed E-state index contributed by atoms with van der Waals surface area (Å²) in [6, 6.07) is 1.23. The van der Waals surface area contributed by atoms with E-state index in [9.17, 15) is 14.4 Å². The molecule has 7 nitrogen and oxygen atoms in total. The zero-order chi connectivity index (χ0) is 13.1. The molecule has 0 saturated carbocycles. The van der Waals surface area contributed by atoms with Crippen LogP contribution in [0.25, 0.3) is 0 Å². The summed E-state index contributed by atoms with van der Waals surface area (Å²) < 4.78 is 11.5. The quantitative estimate of drug-likeness (QED) is 0.420. The minimum Gasteiger partial charge on any atom is -0.463 e. The van der Waals surface area contributed by atoms with Crippen molar-refractivity contribution < 1.29 is 14.3 Å². The number of carbonyl (C=O) groups is 1. The second-order valence-corrected chi connectivity index (χ2v) is 3.77. The van der Waals surface area contributed by atoms with Crippen LogP contribution in [0.4, 0.5) is 0 Å². The molecule has 2 rings (SSSR count). The second kappa shape index (κ2) is 6.70. The molecule has 0 bridgehead atoms. The average molecular weight is 380 g/mol. The molecular weight excluding hydrogens is 368 g/mol. The van der Waals surface area contributed by atoms with Gasteiger partial charge >= 0.3 is 11.7 Å². The predicted molar refractivity (Wildman–Crippen MR) is 66.8 cm³/mol. The van der Waals surface area contributed by atoms with Crippen molar-refractivity contribution in [2.24, 2.45) is 0 Å². The van der Waals surface area contributed by atoms with Gasteiger partial charge in [-0.2, -0.15) is 0 Å². The molecule has 2 atom stereocenters. The van der Waals surface area contributed by atoms with Crippen molar-refractivity contribution in [1.29, 1.82) is 0 Å². The van der Waals surface area contributed by atoms with Crippen molar-refractivity contribution in [2.75, 3.05) is 6.61 Å². The van der Waals surface area contributed by atoms with E-state index in [1.54, 1.807) is 12.2 Å². The van der Waals surface area contributed by atoms with E-state index in [1.807, 2.05) is 0 Å². The summed E-state index contributed by atoms with van der Waals surface area (Å²) in [5.41, 5.74) is -1.01. The van der Waals surface area contributed by atoms with Crippen molar-refractivity contribution >= 4 is 29.6 Å². The Kier molecular flexibility index (Phi) is 5.54. The van der Waals surface area contributed by atoms with Crippen molar-refractivity contribution in [3.8, 4) is 0 Å². The van der Waals surface area contributed by atoms with Gasteiger partial charge in [0.05, 0.1) is 0 Å². The molecule has 1 aliphatic heterocycles. The number of nitrogens with one attached hydrogen (secondary N) is 1. The van der Waals surface area contributed by atoms with Crippen LogP contribution in [-0.4, -0.2) is 51.9 Å². The number of nitrogens with zero attached hydrogens (tertiary/aromatic N) is 1. The number of aromatic amines is 1. The summed E-state index contributed by atoms with van der Waals surface area (Å²) in [6.45, 7) is 1.41. The van der Waals surface area contributed by atoms with Crippen molar-refractivity contribution in [3.63, 3.8) is 0 Å². The van der Waals surface area contributed by atoms with Crippen LogP contribution in [0.15, 0.2) is 34.0 Å². The summed E-state index contributed by atoms with van der Waals surface area (Å²) in [5.74, 6) is -0.392. The van der Waals surface area contributed by atoms with Gasteiger partial charge in [0.25, 0.3) is 5.56 Å². The molecule has 1 aromatic rings. The summed E-state index contributed by atoms with van der Waals surface area (Å²) in [7, 11) is 0. The predicted octanol–water partition coefficient (Wildman–Crippen LogP) is -0.827. The molecule has 102 valence electrons. The first-order valence-corrected chi connectivity index (χ1v) is 5.35. The number of H-pyrrole nitrogens is 1. The summed E-state index contributed by atoms with van der Waals surface area (Å²) in [4.78, 5) is 35.2. The number of ether oxygens (including phenoxy) is 2. The average Bonchev–Trinajstić information content (AvgIpc) is 2.75. The van der Waals surface area contributed by atoms with Gasteiger partial charge in [0, 0.05) is 42.9 Å². The van der Waals surface area contributed by atoms with Crippen LogP contribution in [0.5, 0.6) is 0 Å². The topological polar surface area (TPSA) is 90.4 Å². The van der Waals surface area contributed by atoms with Crippen LogP contribution in [0.2, 0.25) is 0 Å². The zero-order valence-corrected chi connectivity index (χ0v) is 12.4. The van der Waals surface area contributed by atoms with Gasteiger partial charge in [-0.05, 0) is 6.08 Å². The first kappa shape index (κ1) is 15.7. The Balaban J connectivity index is 0.00000180. The Morgan fingerprint density at radius 3 is 2.84 bits per heavy atom. The third kappa shape index (κ3) is 4.06. The van der Waals surface area contributed by atoms with Crippen LogP contribution in [0, 0.1) is 0 Å². The molecule has 0 unspecified atom stereocenters. The minimum absolute atomic E-state index is 0. The molecule has 8 heteroatoms. The number of hydrogen-bond donors (Lipinski definition) is 1. The maximum Gasteiger partial charge on any atom is 0.330 e. The van der Waals surface area contributed by atoms with Gasteiger partial charge in [-0.15, -0.1) is 0 Å². The number of aromatic nitrogens is 2. The van der Waals surface area contributed by atoms with Crippen molar-refractivity contribution in [1.82, 2.24) is 9.55 Å². The van der Waals surface area contributed by atoms with Crippen molar-refractivity contribution in [3.05, 3.63) is 45.3 Å². The molecule has 1 N–H and O–H groups in total. The van der Waals surface area contributed by atoms with E-state index in [1.165, 1.54) is 23.8 Å². The van der Waals surface area contributed by atoms with E-state index in [-0.39, 0.29) is 30.3 Å². The fourth-order valence-corrected chi connectivity index (χ4v) is 1.57. The molecule has 0 fully saturated rings. The maximum absolute atomic E-state index is 11.5. The van der Waals surface area contributed by atoms with Gasteiger partial charge in [-0.3, -0.25) is 19.1 Å². The standard InChI is InChI=1S/C11H12N2O5.Te/c1-7(14)17-6-8-2-3-10(18-8)13-5-4-9(15)12-11(13)16;/h2-5,8,10H,6H2,1H3,(H,12,15,16);/t8-,10+;/m0./s1. The molecule has 1 aliphatic rings. The van der Waals surface area contributed by atoms with Gasteiger partial charge in [0.1, 0.15) is 12.7 Å². The molecule has 0 aromatic carbocycles. The van der Waals surface area contributed by atoms with E-state index >= 15 is 0 Å². The number of esters is 1. The minimum atomic E-state index is -0.602. The smallest absolute Gasteiger partial charge is 0.330 e. The van der Waals surface area contributed by atoms with Gasteiger partial charge < -0.3 is 9.47 Å². The largest absolute Gasteiger partial charge is 0.463 e. The van der Waals surface area contributed by atoms with Gasteiger partial charge in [-0.1, -0.05) is 6.08 Å². The Labute approximate surface area is 125 Å². The van der Waals surface area contributed by atoms with Gasteiger partial charge in [0.2, 0.25) is 0 Å². The van der Waals surface area contributed by atoms with E-state index < -0.39 is 29.6 Å². The molecule has 2 radical (unpaired) electrons. The molecule has 0 aliphatic carbocycles. The monoisotopic (exact) mass is 382 g/mol. The third-order valence-corrected chi connectivity index (χ3v) is 2.38. The summed E-state index contributed by atoms with van der Waals surface area (Å²) in [6.07, 6.45) is 3.72. The maximum atomic E-state index is 11.5. The summed E-state index contributed by atoms with van der Waals surface area (Å²) in [5, 5.41) is 0. The van der Waals surface area contributed by atoms with Crippen LogP contribution in [-0.2, 0) is 14.3 Å². The fraction of sp³-hybridized carbons (Fsp3) is 0.364. The van der Waals surface area contributed by atoms with E-state index in [0.29, 0.717) is 0 Å². The van der Waals surface area contributed by atoms with Crippen LogP contribution < -0.4 is 11.2 Å². The van der Waals surface area contributed by atoms with Crippen LogP contribution in [0.3, 0.4) is 0 Å². The normalized spacial score (nSPS) is 20.9. The number of carbonyl (C=O) groups excluding carboxylic acids is 1. The van der Waals surface area contributed by atoms with E-state index in [2.05, 4.69) is 4.98 Å². The first-order chi connectivity index (χ1) is 8.56. The van der Waals surface area contributed by atoms with Crippen molar-refractivity contribution in [2.45, 2.75) is 19.3 Å². The van der Waals surface area contributed by atoms with Crippen LogP contribution in [0.1, 0.15) is 13.2 Å². The molecule has 2 heterocycles. The number of rotatable bonds is 3. The fourth-order valence-electron chi connectivity index (χ4n) is 1.57.